The molecule has 3 aromatic heterocycles. The minimum Gasteiger partial charge on any atom is -0.454 e. The third kappa shape index (κ3) is 6.15. The van der Waals surface area contributed by atoms with E-state index < -0.39 is 0 Å². The van der Waals surface area contributed by atoms with Gasteiger partial charge in [0.1, 0.15) is 5.58 Å². The van der Waals surface area contributed by atoms with E-state index in [2.05, 4.69) is 173 Å². The van der Waals surface area contributed by atoms with Crippen LogP contribution >= 0.6 is 0 Å². The Morgan fingerprint density at radius 1 is 0.469 bits per heavy atom. The van der Waals surface area contributed by atoms with Gasteiger partial charge in [-0.2, -0.15) is 0 Å². The molecule has 9 aromatic carbocycles. The Hall–Kier alpha value is -8.61. The molecule has 0 radical (unpaired) electrons. The van der Waals surface area contributed by atoms with Crippen LogP contribution in [0.15, 0.2) is 232 Å². The highest BCUT2D eigenvalue weighted by molar-refractivity contribution is 6.18. The number of hydrogen-bond acceptors (Lipinski definition) is 2. The predicted molar refractivity (Wildman–Crippen MR) is 267 cm³/mol. The summed E-state index contributed by atoms with van der Waals surface area (Å²) in [6.07, 6.45) is 0. The monoisotopic (exact) mass is 821 g/mol. The van der Waals surface area contributed by atoms with Crippen molar-refractivity contribution in [2.45, 2.75) is 6.54 Å². The fraction of sp³-hybridized carbons (Fsp3) is 0.0172. The van der Waals surface area contributed by atoms with E-state index >= 15 is 0 Å². The first-order chi connectivity index (χ1) is 31.7. The van der Waals surface area contributed by atoms with E-state index in [1.807, 2.05) is 60.7 Å². The van der Waals surface area contributed by atoms with Crippen LogP contribution < -0.4 is 0 Å². The fourth-order valence-electron chi connectivity index (χ4n) is 9.43. The number of nitrogens with zero attached hydrogens (tertiary/aromatic N) is 5. The molecular weight excluding hydrogens is 783 g/mol. The summed E-state index contributed by atoms with van der Waals surface area (Å²) in [5.74, 6) is 1.12. The number of benzene rings is 9. The van der Waals surface area contributed by atoms with Gasteiger partial charge in [0.25, 0.3) is 0 Å². The van der Waals surface area contributed by atoms with Crippen LogP contribution in [0, 0.1) is 0 Å². The lowest BCUT2D eigenvalue weighted by atomic mass is 9.98. The fourth-order valence-corrected chi connectivity index (χ4v) is 9.43. The molecule has 0 unspecified atom stereocenters. The van der Waals surface area contributed by atoms with E-state index in [0.717, 1.165) is 77.6 Å². The van der Waals surface area contributed by atoms with Gasteiger partial charge in [0.2, 0.25) is 0 Å². The van der Waals surface area contributed by atoms with Gasteiger partial charge in [0.05, 0.1) is 34.3 Å². The zero-order valence-electron chi connectivity index (χ0n) is 34.8. The third-order valence-corrected chi connectivity index (χ3v) is 12.3. The van der Waals surface area contributed by atoms with E-state index in [4.69, 9.17) is 14.4 Å². The number of furan rings is 1. The Labute approximate surface area is 369 Å². The first-order valence-electron chi connectivity index (χ1n) is 21.5. The lowest BCUT2D eigenvalue weighted by Crippen LogP contribution is -2.06. The lowest BCUT2D eigenvalue weighted by molar-refractivity contribution is 0.666. The Morgan fingerprint density at radius 3 is 1.89 bits per heavy atom. The van der Waals surface area contributed by atoms with Crippen LogP contribution in [0.3, 0.4) is 0 Å². The molecule has 0 spiro atoms. The Morgan fingerprint density at radius 2 is 1.09 bits per heavy atom. The van der Waals surface area contributed by atoms with Gasteiger partial charge in [-0.3, -0.25) is 4.99 Å². The van der Waals surface area contributed by atoms with Crippen molar-refractivity contribution in [3.05, 3.63) is 229 Å². The molecule has 6 nitrogen and oxygen atoms in total. The number of fused-ring (bicyclic) bond motifs is 9. The van der Waals surface area contributed by atoms with Crippen LogP contribution in [0.4, 0.5) is 0 Å². The Kier molecular flexibility index (Phi) is 8.94. The number of amidine groups is 2. The molecule has 12 rings (SSSR count). The van der Waals surface area contributed by atoms with E-state index in [-0.39, 0.29) is 0 Å². The van der Waals surface area contributed by atoms with Crippen molar-refractivity contribution in [3.8, 4) is 22.5 Å². The highest BCUT2D eigenvalue weighted by atomic mass is 16.3. The molecule has 3 heterocycles. The average Bonchev–Trinajstić information content (AvgIpc) is 4.03. The zero-order valence-corrected chi connectivity index (χ0v) is 34.8. The number of rotatable bonds is 7. The van der Waals surface area contributed by atoms with Crippen molar-refractivity contribution in [3.63, 3.8) is 0 Å². The average molecular weight is 822 g/mol. The van der Waals surface area contributed by atoms with Gasteiger partial charge in [-0.1, -0.05) is 146 Å². The molecule has 0 aliphatic heterocycles. The molecule has 0 fully saturated rings. The van der Waals surface area contributed by atoms with Gasteiger partial charge < -0.3 is 13.6 Å². The summed E-state index contributed by atoms with van der Waals surface area (Å²) in [6.45, 7) is 4.34. The van der Waals surface area contributed by atoms with Crippen LogP contribution in [0.2, 0.25) is 0 Å². The summed E-state index contributed by atoms with van der Waals surface area (Å²) < 4.78 is 11.3. The molecule has 12 aromatic rings. The SMILES string of the molecule is C=NC(=NC(=NCc1ccccc1)c1ccc(-n2c3ccccc3c3c(-c4ccc5c(c4)c4ccccc4n5-c4cccc5c4oc4ccccc45)cccc32)cc1)c1ccccc1. The van der Waals surface area contributed by atoms with Crippen LogP contribution in [0.5, 0.6) is 0 Å². The molecule has 0 aliphatic rings. The predicted octanol–water partition coefficient (Wildman–Crippen LogP) is 14.5. The summed E-state index contributed by atoms with van der Waals surface area (Å²) in [4.78, 5) is 14.3. The second-order valence-electron chi connectivity index (χ2n) is 16.0. The van der Waals surface area contributed by atoms with Gasteiger partial charge in [0, 0.05) is 49.1 Å². The topological polar surface area (TPSA) is 60.1 Å². The second-order valence-corrected chi connectivity index (χ2v) is 16.0. The molecule has 0 amide bonds. The first-order valence-corrected chi connectivity index (χ1v) is 21.5. The molecule has 0 saturated carbocycles. The number of hydrogen-bond donors (Lipinski definition) is 0. The van der Waals surface area contributed by atoms with Gasteiger partial charge in [-0.15, -0.1) is 0 Å². The third-order valence-electron chi connectivity index (χ3n) is 12.3. The van der Waals surface area contributed by atoms with E-state index in [1.54, 1.807) is 0 Å². The van der Waals surface area contributed by atoms with Crippen molar-refractivity contribution in [2.24, 2.45) is 15.0 Å². The summed E-state index contributed by atoms with van der Waals surface area (Å²) in [6, 6.07) is 74.3. The van der Waals surface area contributed by atoms with Crippen LogP contribution in [0.25, 0.3) is 88.1 Å². The molecule has 6 heteroatoms. The maximum Gasteiger partial charge on any atom is 0.161 e. The standard InChI is InChI=1S/C58H39N5O/c1-59-57(39-18-6-3-7-19-39)61-58(60-37-38-16-4-2-5-17-38)40-30-33-42(34-31-40)62-50-26-12-9-22-47(50)55-43(23-14-27-52(55)62)41-32-35-51-48(36-41)44-20-8-11-25-49(44)63(51)53-28-15-24-46-45-21-10-13-29-54(45)64-56(46)53/h2-36H,1,37H2. The Bertz CT molecular complexity index is 3810. The quantitative estimate of drug-likeness (QED) is 0.117. The number of aliphatic imine (C=N–C) groups is 3. The molecule has 0 bridgehead atoms. The molecule has 0 atom stereocenters. The van der Waals surface area contributed by atoms with E-state index in [1.165, 1.54) is 27.1 Å². The minimum absolute atomic E-state index is 0.486. The molecule has 0 N–H and O–H groups in total. The van der Waals surface area contributed by atoms with Gasteiger partial charge >= 0.3 is 0 Å². The van der Waals surface area contributed by atoms with Crippen LogP contribution in [0.1, 0.15) is 16.7 Å². The number of para-hydroxylation sites is 4. The van der Waals surface area contributed by atoms with Crippen molar-refractivity contribution < 1.29 is 4.42 Å². The summed E-state index contributed by atoms with van der Waals surface area (Å²) in [5.41, 5.74) is 13.6. The minimum atomic E-state index is 0.486. The highest BCUT2D eigenvalue weighted by Crippen LogP contribution is 2.42. The number of aromatic nitrogens is 2. The van der Waals surface area contributed by atoms with Crippen LogP contribution in [-0.4, -0.2) is 27.5 Å². The largest absolute Gasteiger partial charge is 0.454 e. The van der Waals surface area contributed by atoms with E-state index in [0.29, 0.717) is 18.2 Å². The highest BCUT2D eigenvalue weighted by Gasteiger charge is 2.20. The first kappa shape index (κ1) is 37.2. The molecule has 64 heavy (non-hydrogen) atoms. The van der Waals surface area contributed by atoms with Gasteiger partial charge in [0.15, 0.2) is 17.3 Å². The molecule has 0 aliphatic carbocycles. The molecular formula is C58H39N5O. The Balaban J connectivity index is 0.985. The zero-order chi connectivity index (χ0) is 42.6. The summed E-state index contributed by atoms with van der Waals surface area (Å²) >= 11 is 0. The van der Waals surface area contributed by atoms with Crippen LogP contribution in [-0.2, 0) is 6.54 Å². The smallest absolute Gasteiger partial charge is 0.161 e. The van der Waals surface area contributed by atoms with Crippen molar-refractivity contribution in [1.82, 2.24) is 9.13 Å². The summed E-state index contributed by atoms with van der Waals surface area (Å²) in [7, 11) is 0. The maximum absolute atomic E-state index is 6.57. The lowest BCUT2D eigenvalue weighted by Gasteiger charge is -2.11. The van der Waals surface area contributed by atoms with Crippen molar-refractivity contribution in [2.75, 3.05) is 0 Å². The second kappa shape index (κ2) is 15.4. The molecule has 302 valence electrons. The normalized spacial score (nSPS) is 12.4. The summed E-state index contributed by atoms with van der Waals surface area (Å²) in [5, 5.41) is 7.01. The van der Waals surface area contributed by atoms with Gasteiger partial charge in [-0.25, -0.2) is 9.98 Å². The maximum atomic E-state index is 6.57. The van der Waals surface area contributed by atoms with Crippen molar-refractivity contribution in [1.29, 1.82) is 0 Å². The molecule has 0 saturated heterocycles. The van der Waals surface area contributed by atoms with Gasteiger partial charge in [-0.05, 0) is 90.1 Å². The van der Waals surface area contributed by atoms with Crippen molar-refractivity contribution >= 4 is 83.9 Å². The van der Waals surface area contributed by atoms with E-state index in [9.17, 15) is 0 Å².